The lowest BCUT2D eigenvalue weighted by Crippen LogP contribution is -2.18. The summed E-state index contributed by atoms with van der Waals surface area (Å²) >= 11 is 0. The number of methoxy groups -OCH3 is 1. The highest BCUT2D eigenvalue weighted by Gasteiger charge is 2.38. The van der Waals surface area contributed by atoms with E-state index < -0.39 is 0 Å². The molecule has 0 amide bonds. The molecule has 21 heavy (non-hydrogen) atoms. The minimum Gasteiger partial charge on any atom is -0.481 e. The van der Waals surface area contributed by atoms with Crippen molar-refractivity contribution in [2.45, 2.75) is 31.8 Å². The molecule has 5 heteroatoms. The number of aromatic nitrogens is 2. The molecule has 0 aliphatic heterocycles. The molecule has 2 atom stereocenters. The maximum absolute atomic E-state index is 13.2. The SMILES string of the molecule is COc1c(CNC2CC2c2cccc(F)c2)c(C)nn1C. The summed E-state index contributed by atoms with van der Waals surface area (Å²) < 4.78 is 20.4. The van der Waals surface area contributed by atoms with E-state index in [1.807, 2.05) is 20.0 Å². The molecule has 2 unspecified atom stereocenters. The zero-order valence-electron chi connectivity index (χ0n) is 12.6. The monoisotopic (exact) mass is 289 g/mol. The van der Waals surface area contributed by atoms with Crippen molar-refractivity contribution in [3.8, 4) is 5.88 Å². The summed E-state index contributed by atoms with van der Waals surface area (Å²) in [4.78, 5) is 0. The number of nitrogens with one attached hydrogen (secondary N) is 1. The van der Waals surface area contributed by atoms with Crippen LogP contribution in [0.1, 0.15) is 29.2 Å². The second kappa shape index (κ2) is 5.48. The Morgan fingerprint density at radius 3 is 3.00 bits per heavy atom. The van der Waals surface area contributed by atoms with E-state index >= 15 is 0 Å². The summed E-state index contributed by atoms with van der Waals surface area (Å²) in [5, 5.41) is 7.89. The van der Waals surface area contributed by atoms with E-state index in [0.29, 0.717) is 12.0 Å². The van der Waals surface area contributed by atoms with Crippen molar-refractivity contribution in [2.24, 2.45) is 7.05 Å². The van der Waals surface area contributed by atoms with Gasteiger partial charge >= 0.3 is 0 Å². The Balaban J connectivity index is 1.63. The van der Waals surface area contributed by atoms with Gasteiger partial charge in [0, 0.05) is 25.6 Å². The first-order valence-corrected chi connectivity index (χ1v) is 7.15. The minimum atomic E-state index is -0.164. The van der Waals surface area contributed by atoms with Crippen LogP contribution >= 0.6 is 0 Å². The number of benzene rings is 1. The summed E-state index contributed by atoms with van der Waals surface area (Å²) in [5.41, 5.74) is 3.14. The van der Waals surface area contributed by atoms with E-state index in [1.165, 1.54) is 6.07 Å². The van der Waals surface area contributed by atoms with Crippen LogP contribution in [0.15, 0.2) is 24.3 Å². The Morgan fingerprint density at radius 1 is 1.48 bits per heavy atom. The molecule has 1 heterocycles. The van der Waals surface area contributed by atoms with Crippen LogP contribution in [0.25, 0.3) is 0 Å². The predicted molar refractivity (Wildman–Crippen MR) is 78.9 cm³/mol. The third-order valence-corrected chi connectivity index (χ3v) is 4.09. The van der Waals surface area contributed by atoms with Gasteiger partial charge in [-0.1, -0.05) is 12.1 Å². The van der Waals surface area contributed by atoms with E-state index in [9.17, 15) is 4.39 Å². The highest BCUT2D eigenvalue weighted by atomic mass is 19.1. The molecule has 1 aliphatic rings. The standard InChI is InChI=1S/C16H20FN3O/c1-10-14(16(21-3)20(2)19-10)9-18-15-8-13(15)11-5-4-6-12(17)7-11/h4-7,13,15,18H,8-9H2,1-3H3. The molecule has 0 radical (unpaired) electrons. The first-order valence-electron chi connectivity index (χ1n) is 7.15. The van der Waals surface area contributed by atoms with Crippen molar-refractivity contribution >= 4 is 0 Å². The van der Waals surface area contributed by atoms with E-state index in [-0.39, 0.29) is 5.82 Å². The molecule has 0 bridgehead atoms. The Bertz CT molecular complexity index is 653. The molecule has 1 fully saturated rings. The van der Waals surface area contributed by atoms with Crippen LogP contribution in [0.3, 0.4) is 0 Å². The molecule has 1 N–H and O–H groups in total. The van der Waals surface area contributed by atoms with Crippen LogP contribution in [-0.2, 0) is 13.6 Å². The van der Waals surface area contributed by atoms with E-state index in [4.69, 9.17) is 4.74 Å². The molecule has 1 aromatic carbocycles. The summed E-state index contributed by atoms with van der Waals surface area (Å²) in [7, 11) is 3.54. The number of hydrogen-bond acceptors (Lipinski definition) is 3. The fourth-order valence-corrected chi connectivity index (χ4v) is 2.90. The molecule has 4 nitrogen and oxygen atoms in total. The second-order valence-corrected chi connectivity index (χ2v) is 5.58. The first-order chi connectivity index (χ1) is 10.1. The first kappa shape index (κ1) is 14.1. The average Bonchev–Trinajstić information content (AvgIpc) is 3.17. The number of aryl methyl sites for hydroxylation is 2. The average molecular weight is 289 g/mol. The summed E-state index contributed by atoms with van der Waals surface area (Å²) in [6, 6.07) is 7.27. The molecule has 0 spiro atoms. The smallest absolute Gasteiger partial charge is 0.216 e. The Labute approximate surface area is 123 Å². The maximum atomic E-state index is 13.2. The Hall–Kier alpha value is -1.88. The fraction of sp³-hybridized carbons (Fsp3) is 0.438. The fourth-order valence-electron chi connectivity index (χ4n) is 2.90. The van der Waals surface area contributed by atoms with Crippen molar-refractivity contribution in [3.63, 3.8) is 0 Å². The lowest BCUT2D eigenvalue weighted by molar-refractivity contribution is 0.368. The highest BCUT2D eigenvalue weighted by Crippen LogP contribution is 2.41. The second-order valence-electron chi connectivity index (χ2n) is 5.58. The summed E-state index contributed by atoms with van der Waals surface area (Å²) in [6.07, 6.45) is 1.05. The van der Waals surface area contributed by atoms with Crippen molar-refractivity contribution in [1.29, 1.82) is 0 Å². The van der Waals surface area contributed by atoms with E-state index in [1.54, 1.807) is 23.9 Å². The van der Waals surface area contributed by atoms with Gasteiger partial charge in [0.2, 0.25) is 5.88 Å². The highest BCUT2D eigenvalue weighted by molar-refractivity contribution is 5.32. The van der Waals surface area contributed by atoms with Gasteiger partial charge in [0.15, 0.2) is 0 Å². The van der Waals surface area contributed by atoms with Gasteiger partial charge in [0.25, 0.3) is 0 Å². The van der Waals surface area contributed by atoms with Crippen LogP contribution in [0.5, 0.6) is 5.88 Å². The zero-order chi connectivity index (χ0) is 15.0. The van der Waals surface area contributed by atoms with Crippen LogP contribution in [0, 0.1) is 12.7 Å². The summed E-state index contributed by atoms with van der Waals surface area (Å²) in [6.45, 7) is 2.70. The van der Waals surface area contributed by atoms with Crippen molar-refractivity contribution in [1.82, 2.24) is 15.1 Å². The van der Waals surface area contributed by atoms with Gasteiger partial charge in [-0.2, -0.15) is 5.10 Å². The maximum Gasteiger partial charge on any atom is 0.216 e. The number of nitrogens with zero attached hydrogens (tertiary/aromatic N) is 2. The van der Waals surface area contributed by atoms with Crippen LogP contribution in [-0.4, -0.2) is 22.9 Å². The number of rotatable bonds is 5. The topological polar surface area (TPSA) is 39.1 Å². The Kier molecular flexibility index (Phi) is 3.68. The number of ether oxygens (including phenoxy) is 1. The van der Waals surface area contributed by atoms with Gasteiger partial charge in [-0.05, 0) is 31.0 Å². The van der Waals surface area contributed by atoms with E-state index in [0.717, 1.165) is 35.7 Å². The molecule has 112 valence electrons. The van der Waals surface area contributed by atoms with Gasteiger partial charge in [-0.25, -0.2) is 9.07 Å². The molecule has 0 saturated heterocycles. The third kappa shape index (κ3) is 2.78. The van der Waals surface area contributed by atoms with Gasteiger partial charge in [0.05, 0.1) is 18.4 Å². The normalized spacial score (nSPS) is 20.6. The lowest BCUT2D eigenvalue weighted by atomic mass is 10.1. The van der Waals surface area contributed by atoms with Gasteiger partial charge in [0.1, 0.15) is 5.82 Å². The molecular formula is C16H20FN3O. The molecular weight excluding hydrogens is 269 g/mol. The van der Waals surface area contributed by atoms with Crippen molar-refractivity contribution in [2.75, 3.05) is 7.11 Å². The predicted octanol–water partition coefficient (Wildman–Crippen LogP) is 2.52. The number of hydrogen-bond donors (Lipinski definition) is 1. The van der Waals surface area contributed by atoms with Crippen LogP contribution < -0.4 is 10.1 Å². The van der Waals surface area contributed by atoms with Crippen molar-refractivity contribution < 1.29 is 9.13 Å². The van der Waals surface area contributed by atoms with Gasteiger partial charge in [-0.3, -0.25) is 0 Å². The lowest BCUT2D eigenvalue weighted by Gasteiger charge is -2.07. The molecule has 1 saturated carbocycles. The van der Waals surface area contributed by atoms with Gasteiger partial charge < -0.3 is 10.1 Å². The third-order valence-electron chi connectivity index (χ3n) is 4.09. The van der Waals surface area contributed by atoms with Crippen LogP contribution in [0.4, 0.5) is 4.39 Å². The Morgan fingerprint density at radius 2 is 2.29 bits per heavy atom. The minimum absolute atomic E-state index is 0.164. The van der Waals surface area contributed by atoms with Crippen LogP contribution in [0.2, 0.25) is 0 Å². The number of halogens is 1. The molecule has 3 rings (SSSR count). The largest absolute Gasteiger partial charge is 0.481 e. The van der Waals surface area contributed by atoms with E-state index in [2.05, 4.69) is 10.4 Å². The molecule has 1 aromatic heterocycles. The quantitative estimate of drug-likeness (QED) is 0.919. The van der Waals surface area contributed by atoms with Gasteiger partial charge in [-0.15, -0.1) is 0 Å². The van der Waals surface area contributed by atoms with Crippen molar-refractivity contribution in [3.05, 3.63) is 46.9 Å². The zero-order valence-corrected chi connectivity index (χ0v) is 12.6. The molecule has 1 aliphatic carbocycles. The summed E-state index contributed by atoms with van der Waals surface area (Å²) in [5.74, 6) is 1.04. The molecule has 2 aromatic rings.